The first-order chi connectivity index (χ1) is 13.9. The topological polar surface area (TPSA) is 94.4 Å². The zero-order chi connectivity index (χ0) is 20.7. The van der Waals surface area contributed by atoms with E-state index in [9.17, 15) is 14.4 Å². The van der Waals surface area contributed by atoms with Crippen LogP contribution in [0.2, 0.25) is 0 Å². The Morgan fingerprint density at radius 1 is 1.00 bits per heavy atom. The molecule has 29 heavy (non-hydrogen) atoms. The first-order valence-corrected chi connectivity index (χ1v) is 9.35. The maximum absolute atomic E-state index is 13.1. The van der Waals surface area contributed by atoms with E-state index >= 15 is 0 Å². The molecule has 3 amide bonds. The van der Waals surface area contributed by atoms with Gasteiger partial charge in [0, 0.05) is 5.69 Å². The number of hydrogen-bond donors (Lipinski definition) is 1. The summed E-state index contributed by atoms with van der Waals surface area (Å²) >= 11 is 0. The molecule has 2 aliphatic rings. The van der Waals surface area contributed by atoms with Crippen LogP contribution in [0, 0.1) is 20.8 Å². The van der Waals surface area contributed by atoms with Crippen LogP contribution in [0.4, 0.5) is 11.4 Å². The van der Waals surface area contributed by atoms with E-state index in [1.807, 2.05) is 51.1 Å². The molecule has 0 saturated carbocycles. The molecule has 1 fully saturated rings. The lowest BCUT2D eigenvalue weighted by Crippen LogP contribution is -2.43. The van der Waals surface area contributed by atoms with E-state index in [0.717, 1.165) is 16.7 Å². The van der Waals surface area contributed by atoms with Crippen LogP contribution in [0.5, 0.6) is 0 Å². The number of benzene rings is 2. The maximum Gasteiger partial charge on any atom is 0.263 e. The number of nitrogens with zero attached hydrogens (tertiary/aromatic N) is 4. The van der Waals surface area contributed by atoms with E-state index in [-0.39, 0.29) is 12.5 Å². The number of para-hydroxylation sites is 1. The third kappa shape index (κ3) is 3.26. The number of carbonyl (C=O) groups excluding carboxylic acids is 3. The SMILES string of the molecule is Cc1ccc(NC(=O)CN2N=NC3C(=O)N(c4c(C)cccc4C)C(=O)C32)cc1. The van der Waals surface area contributed by atoms with Gasteiger partial charge in [0.1, 0.15) is 6.54 Å². The van der Waals surface area contributed by atoms with Crippen LogP contribution in [0.25, 0.3) is 0 Å². The van der Waals surface area contributed by atoms with Gasteiger partial charge in [-0.05, 0) is 44.0 Å². The van der Waals surface area contributed by atoms with E-state index in [1.165, 1.54) is 9.91 Å². The minimum absolute atomic E-state index is 0.168. The summed E-state index contributed by atoms with van der Waals surface area (Å²) in [6.45, 7) is 5.50. The number of nitrogens with one attached hydrogen (secondary N) is 1. The fourth-order valence-corrected chi connectivity index (χ4v) is 3.72. The lowest BCUT2D eigenvalue weighted by atomic mass is 10.1. The van der Waals surface area contributed by atoms with Gasteiger partial charge in [-0.1, -0.05) is 41.1 Å². The van der Waals surface area contributed by atoms with E-state index < -0.39 is 23.9 Å². The molecule has 0 aromatic heterocycles. The van der Waals surface area contributed by atoms with E-state index in [2.05, 4.69) is 15.7 Å². The normalized spacial score (nSPS) is 20.4. The van der Waals surface area contributed by atoms with Crippen molar-refractivity contribution < 1.29 is 14.4 Å². The molecule has 148 valence electrons. The van der Waals surface area contributed by atoms with Gasteiger partial charge in [0.25, 0.3) is 11.8 Å². The maximum atomic E-state index is 13.1. The number of fused-ring (bicyclic) bond motifs is 1. The third-order valence-corrected chi connectivity index (χ3v) is 5.16. The third-order valence-electron chi connectivity index (χ3n) is 5.16. The van der Waals surface area contributed by atoms with Crippen molar-refractivity contribution >= 4 is 29.1 Å². The lowest BCUT2D eigenvalue weighted by molar-refractivity contribution is -0.123. The van der Waals surface area contributed by atoms with Crippen LogP contribution >= 0.6 is 0 Å². The zero-order valence-corrected chi connectivity index (χ0v) is 16.4. The average molecular weight is 391 g/mol. The Bertz CT molecular complexity index is 1010. The monoisotopic (exact) mass is 391 g/mol. The molecular formula is C21H21N5O3. The second kappa shape index (κ2) is 7.12. The summed E-state index contributed by atoms with van der Waals surface area (Å²) in [6, 6.07) is 11.1. The van der Waals surface area contributed by atoms with Crippen LogP contribution in [0.1, 0.15) is 16.7 Å². The quantitative estimate of drug-likeness (QED) is 0.811. The number of anilines is 2. The van der Waals surface area contributed by atoms with Crippen molar-refractivity contribution in [3.05, 3.63) is 59.2 Å². The Labute approximate surface area is 168 Å². The average Bonchev–Trinajstić information content (AvgIpc) is 3.18. The van der Waals surface area contributed by atoms with Crippen LogP contribution in [0.3, 0.4) is 0 Å². The van der Waals surface area contributed by atoms with Gasteiger partial charge in [-0.15, -0.1) is 0 Å². The van der Waals surface area contributed by atoms with Gasteiger partial charge in [0.05, 0.1) is 5.69 Å². The Morgan fingerprint density at radius 2 is 1.66 bits per heavy atom. The molecule has 1 saturated heterocycles. The second-order valence-electron chi connectivity index (χ2n) is 7.36. The van der Waals surface area contributed by atoms with Crippen molar-refractivity contribution in [1.29, 1.82) is 0 Å². The lowest BCUT2D eigenvalue weighted by Gasteiger charge is -2.22. The van der Waals surface area contributed by atoms with Gasteiger partial charge in [0.2, 0.25) is 5.91 Å². The molecule has 0 bridgehead atoms. The molecule has 0 radical (unpaired) electrons. The van der Waals surface area contributed by atoms with Gasteiger partial charge in [-0.3, -0.25) is 19.4 Å². The van der Waals surface area contributed by atoms with Gasteiger partial charge in [-0.25, -0.2) is 4.90 Å². The summed E-state index contributed by atoms with van der Waals surface area (Å²) in [5.74, 6) is -1.16. The van der Waals surface area contributed by atoms with Gasteiger partial charge >= 0.3 is 0 Å². The predicted molar refractivity (Wildman–Crippen MR) is 107 cm³/mol. The van der Waals surface area contributed by atoms with Gasteiger partial charge in [-0.2, -0.15) is 5.11 Å². The van der Waals surface area contributed by atoms with E-state index in [4.69, 9.17) is 0 Å². The molecule has 2 atom stereocenters. The summed E-state index contributed by atoms with van der Waals surface area (Å²) in [5.41, 5.74) is 3.97. The molecule has 8 nitrogen and oxygen atoms in total. The van der Waals surface area contributed by atoms with E-state index in [0.29, 0.717) is 11.4 Å². The number of aryl methyl sites for hydroxylation is 3. The Kier molecular flexibility index (Phi) is 4.62. The van der Waals surface area contributed by atoms with Gasteiger partial charge < -0.3 is 5.32 Å². The summed E-state index contributed by atoms with van der Waals surface area (Å²) in [4.78, 5) is 39.6. The number of carbonyl (C=O) groups is 3. The minimum atomic E-state index is -0.923. The summed E-state index contributed by atoms with van der Waals surface area (Å²) in [5, 5.41) is 12.0. The number of hydrogen-bond acceptors (Lipinski definition) is 6. The summed E-state index contributed by atoms with van der Waals surface area (Å²) in [6.07, 6.45) is 0. The summed E-state index contributed by atoms with van der Waals surface area (Å²) < 4.78 is 0. The summed E-state index contributed by atoms with van der Waals surface area (Å²) in [7, 11) is 0. The number of imide groups is 1. The van der Waals surface area contributed by atoms with Crippen LogP contribution in [-0.4, -0.2) is 41.4 Å². The van der Waals surface area contributed by atoms with Crippen LogP contribution < -0.4 is 10.2 Å². The second-order valence-corrected chi connectivity index (χ2v) is 7.36. The smallest absolute Gasteiger partial charge is 0.263 e. The molecule has 1 N–H and O–H groups in total. The molecule has 2 aliphatic heterocycles. The van der Waals surface area contributed by atoms with Gasteiger partial charge in [0.15, 0.2) is 12.1 Å². The highest BCUT2D eigenvalue weighted by atomic mass is 16.2. The molecule has 2 heterocycles. The highest BCUT2D eigenvalue weighted by molar-refractivity contribution is 6.26. The molecule has 4 rings (SSSR count). The minimum Gasteiger partial charge on any atom is -0.324 e. The first-order valence-electron chi connectivity index (χ1n) is 9.35. The molecule has 2 aromatic rings. The largest absolute Gasteiger partial charge is 0.324 e. The zero-order valence-electron chi connectivity index (χ0n) is 16.4. The fourth-order valence-electron chi connectivity index (χ4n) is 3.72. The molecule has 2 aromatic carbocycles. The molecule has 0 spiro atoms. The van der Waals surface area contributed by atoms with Crippen molar-refractivity contribution in [2.75, 3.05) is 16.8 Å². The standard InChI is InChI=1S/C21H21N5O3/c1-12-7-9-15(10-8-12)22-16(27)11-25-19-17(23-24-25)20(28)26(21(19)29)18-13(2)5-4-6-14(18)3/h4-10,17,19H,11H2,1-3H3,(H,22,27). The van der Waals surface area contributed by atoms with Crippen molar-refractivity contribution in [1.82, 2.24) is 5.01 Å². The first kappa shape index (κ1) is 18.8. The van der Waals surface area contributed by atoms with Crippen molar-refractivity contribution in [2.24, 2.45) is 10.3 Å². The Hall–Kier alpha value is -3.55. The van der Waals surface area contributed by atoms with Crippen LogP contribution in [0.15, 0.2) is 52.8 Å². The van der Waals surface area contributed by atoms with Crippen LogP contribution in [-0.2, 0) is 14.4 Å². The Balaban J connectivity index is 1.52. The number of amides is 3. The molecular weight excluding hydrogens is 370 g/mol. The van der Waals surface area contributed by atoms with Crippen molar-refractivity contribution in [2.45, 2.75) is 32.9 Å². The molecule has 8 heteroatoms. The molecule has 0 aliphatic carbocycles. The Morgan fingerprint density at radius 3 is 2.31 bits per heavy atom. The van der Waals surface area contributed by atoms with E-state index in [1.54, 1.807) is 12.1 Å². The predicted octanol–water partition coefficient (Wildman–Crippen LogP) is 2.54. The fraction of sp³-hybridized carbons (Fsp3) is 0.286. The highest BCUT2D eigenvalue weighted by Gasteiger charge is 2.55. The highest BCUT2D eigenvalue weighted by Crippen LogP contribution is 2.35. The number of rotatable bonds is 4. The van der Waals surface area contributed by atoms with Crippen molar-refractivity contribution in [3.8, 4) is 0 Å². The molecule has 2 unspecified atom stereocenters. The van der Waals surface area contributed by atoms with Crippen molar-refractivity contribution in [3.63, 3.8) is 0 Å².